The van der Waals surface area contributed by atoms with E-state index in [1.165, 1.54) is 17.7 Å². The fraction of sp³-hybridized carbons (Fsp3) is 0.500. The summed E-state index contributed by atoms with van der Waals surface area (Å²) < 4.78 is 1.80. The minimum absolute atomic E-state index is 0.0630. The van der Waals surface area contributed by atoms with Crippen LogP contribution in [0.15, 0.2) is 11.8 Å². The van der Waals surface area contributed by atoms with E-state index >= 15 is 0 Å². The van der Waals surface area contributed by atoms with Gasteiger partial charge in [-0.2, -0.15) is 5.10 Å². The largest absolute Gasteiger partial charge is 0.293 e. The topological polar surface area (TPSA) is 60.7 Å². The smallest absolute Gasteiger partial charge is 0.182 e. The highest BCUT2D eigenvalue weighted by molar-refractivity contribution is 7.11. The van der Waals surface area contributed by atoms with Gasteiger partial charge >= 0.3 is 0 Å². The second kappa shape index (κ2) is 5.39. The summed E-state index contributed by atoms with van der Waals surface area (Å²) in [6.07, 6.45) is 1.79. The normalized spacial score (nSPS) is 11.1. The molecule has 0 saturated heterocycles. The summed E-state index contributed by atoms with van der Waals surface area (Å²) in [5, 5.41) is 4.15. The van der Waals surface area contributed by atoms with Crippen LogP contribution in [0.4, 0.5) is 0 Å². The van der Waals surface area contributed by atoms with Gasteiger partial charge in [0.25, 0.3) is 0 Å². The van der Waals surface area contributed by atoms with Crippen LogP contribution in [0.3, 0.4) is 0 Å². The van der Waals surface area contributed by atoms with Crippen molar-refractivity contribution in [1.82, 2.24) is 19.7 Å². The van der Waals surface area contributed by atoms with Crippen molar-refractivity contribution in [2.45, 2.75) is 33.7 Å². The number of carbonyl (C=O) groups is 1. The SMILES string of the molecule is Cc1ncsc1C(=O)Cc1ncnn1CC(C)C. The summed E-state index contributed by atoms with van der Waals surface area (Å²) in [4.78, 5) is 21.1. The van der Waals surface area contributed by atoms with Crippen LogP contribution >= 0.6 is 11.3 Å². The lowest BCUT2D eigenvalue weighted by Crippen LogP contribution is -2.14. The minimum Gasteiger partial charge on any atom is -0.293 e. The van der Waals surface area contributed by atoms with Crippen LogP contribution in [0.1, 0.15) is 35.0 Å². The molecule has 0 aliphatic rings. The standard InChI is InChI=1S/C12H16N4OS/c1-8(2)5-16-11(13-6-15-16)4-10(17)12-9(3)14-7-18-12/h6-8H,4-5H2,1-3H3. The Morgan fingerprint density at radius 3 is 2.83 bits per heavy atom. The van der Waals surface area contributed by atoms with Crippen LogP contribution < -0.4 is 0 Å². The van der Waals surface area contributed by atoms with E-state index in [0.717, 1.165) is 18.1 Å². The van der Waals surface area contributed by atoms with Crippen LogP contribution in [0.25, 0.3) is 0 Å². The summed E-state index contributed by atoms with van der Waals surface area (Å²) in [6.45, 7) is 6.86. The van der Waals surface area contributed by atoms with Crippen molar-refractivity contribution in [3.05, 3.63) is 28.2 Å². The predicted molar refractivity (Wildman–Crippen MR) is 69.7 cm³/mol. The molecule has 18 heavy (non-hydrogen) atoms. The monoisotopic (exact) mass is 264 g/mol. The van der Waals surface area contributed by atoms with Crippen molar-refractivity contribution in [3.63, 3.8) is 0 Å². The van der Waals surface area contributed by atoms with Crippen molar-refractivity contribution in [3.8, 4) is 0 Å². The summed E-state index contributed by atoms with van der Waals surface area (Å²) in [7, 11) is 0. The van der Waals surface area contributed by atoms with Gasteiger partial charge < -0.3 is 0 Å². The fourth-order valence-electron chi connectivity index (χ4n) is 1.72. The third kappa shape index (κ3) is 2.81. The van der Waals surface area contributed by atoms with E-state index in [0.29, 0.717) is 10.8 Å². The Morgan fingerprint density at radius 1 is 1.44 bits per heavy atom. The maximum Gasteiger partial charge on any atom is 0.182 e. The Morgan fingerprint density at radius 2 is 2.22 bits per heavy atom. The lowest BCUT2D eigenvalue weighted by molar-refractivity contribution is 0.0992. The first kappa shape index (κ1) is 12.9. The van der Waals surface area contributed by atoms with E-state index < -0.39 is 0 Å². The molecule has 0 radical (unpaired) electrons. The molecular formula is C12H16N4OS. The third-order valence-corrected chi connectivity index (χ3v) is 3.52. The molecule has 96 valence electrons. The predicted octanol–water partition coefficient (Wildman–Crippen LogP) is 2.12. The number of carbonyl (C=O) groups excluding carboxylic acids is 1. The second-order valence-electron chi connectivity index (χ2n) is 4.62. The Labute approximate surface area is 110 Å². The first-order valence-corrected chi connectivity index (χ1v) is 6.76. The Bertz CT molecular complexity index is 544. The Balaban J connectivity index is 2.13. The van der Waals surface area contributed by atoms with Crippen LogP contribution in [0.2, 0.25) is 0 Å². The van der Waals surface area contributed by atoms with Crippen LogP contribution in [-0.2, 0) is 13.0 Å². The molecule has 0 unspecified atom stereocenters. The first-order valence-electron chi connectivity index (χ1n) is 5.88. The van der Waals surface area contributed by atoms with Gasteiger partial charge in [0.05, 0.1) is 22.5 Å². The highest BCUT2D eigenvalue weighted by Crippen LogP contribution is 2.15. The number of thiazole rings is 1. The molecule has 0 aliphatic carbocycles. The van der Waals surface area contributed by atoms with Gasteiger partial charge in [0.15, 0.2) is 5.78 Å². The van der Waals surface area contributed by atoms with E-state index in [1.54, 1.807) is 10.2 Å². The van der Waals surface area contributed by atoms with Gasteiger partial charge in [0, 0.05) is 6.54 Å². The molecule has 2 rings (SSSR count). The number of Topliss-reactive ketones (excluding diaryl/α,β-unsaturated/α-hetero) is 1. The van der Waals surface area contributed by atoms with Gasteiger partial charge in [-0.1, -0.05) is 13.8 Å². The van der Waals surface area contributed by atoms with Gasteiger partial charge in [0.1, 0.15) is 12.2 Å². The molecule has 0 N–H and O–H groups in total. The first-order chi connectivity index (χ1) is 8.58. The molecule has 5 nitrogen and oxygen atoms in total. The zero-order valence-corrected chi connectivity index (χ0v) is 11.6. The molecule has 0 bridgehead atoms. The molecule has 2 aromatic heterocycles. The van der Waals surface area contributed by atoms with Gasteiger partial charge in [-0.25, -0.2) is 14.6 Å². The van der Waals surface area contributed by atoms with Gasteiger partial charge in [-0.05, 0) is 12.8 Å². The Kier molecular flexibility index (Phi) is 3.86. The molecule has 2 heterocycles. The summed E-state index contributed by atoms with van der Waals surface area (Å²) in [6, 6.07) is 0. The fourth-order valence-corrected chi connectivity index (χ4v) is 2.46. The van der Waals surface area contributed by atoms with Crippen molar-refractivity contribution < 1.29 is 4.79 Å². The number of aromatic nitrogens is 4. The van der Waals surface area contributed by atoms with E-state index in [9.17, 15) is 4.79 Å². The van der Waals surface area contributed by atoms with E-state index in [1.807, 2.05) is 6.92 Å². The van der Waals surface area contributed by atoms with E-state index in [2.05, 4.69) is 28.9 Å². The average Bonchev–Trinajstić information content (AvgIpc) is 2.88. The molecule has 6 heteroatoms. The lowest BCUT2D eigenvalue weighted by atomic mass is 10.2. The number of hydrogen-bond acceptors (Lipinski definition) is 5. The molecule has 0 amide bonds. The van der Waals surface area contributed by atoms with Crippen LogP contribution in [0, 0.1) is 12.8 Å². The second-order valence-corrected chi connectivity index (χ2v) is 5.47. The number of rotatable bonds is 5. The molecule has 0 aromatic carbocycles. The molecule has 0 fully saturated rings. The molecule has 0 saturated carbocycles. The number of ketones is 1. The summed E-state index contributed by atoms with van der Waals surface area (Å²) in [5.41, 5.74) is 2.49. The number of aryl methyl sites for hydroxylation is 1. The molecule has 0 atom stereocenters. The zero-order chi connectivity index (χ0) is 13.1. The average molecular weight is 264 g/mol. The van der Waals surface area contributed by atoms with Gasteiger partial charge in [-0.15, -0.1) is 11.3 Å². The Hall–Kier alpha value is -1.56. The quantitative estimate of drug-likeness (QED) is 0.776. The number of hydrogen-bond donors (Lipinski definition) is 0. The lowest BCUT2D eigenvalue weighted by Gasteiger charge is -2.07. The van der Waals surface area contributed by atoms with E-state index in [4.69, 9.17) is 0 Å². The maximum absolute atomic E-state index is 12.1. The highest BCUT2D eigenvalue weighted by atomic mass is 32.1. The highest BCUT2D eigenvalue weighted by Gasteiger charge is 2.16. The van der Waals surface area contributed by atoms with Crippen molar-refractivity contribution in [2.24, 2.45) is 5.92 Å². The van der Waals surface area contributed by atoms with E-state index in [-0.39, 0.29) is 12.2 Å². The summed E-state index contributed by atoms with van der Waals surface area (Å²) >= 11 is 1.38. The molecule has 0 aliphatic heterocycles. The van der Waals surface area contributed by atoms with Crippen molar-refractivity contribution in [2.75, 3.05) is 0 Å². The van der Waals surface area contributed by atoms with Gasteiger partial charge in [0.2, 0.25) is 0 Å². The number of nitrogens with zero attached hydrogens (tertiary/aromatic N) is 4. The zero-order valence-electron chi connectivity index (χ0n) is 10.8. The van der Waals surface area contributed by atoms with Gasteiger partial charge in [-0.3, -0.25) is 4.79 Å². The van der Waals surface area contributed by atoms with Crippen LogP contribution in [0.5, 0.6) is 0 Å². The van der Waals surface area contributed by atoms with Crippen molar-refractivity contribution in [1.29, 1.82) is 0 Å². The van der Waals surface area contributed by atoms with Crippen molar-refractivity contribution >= 4 is 17.1 Å². The molecule has 0 spiro atoms. The summed E-state index contributed by atoms with van der Waals surface area (Å²) in [5.74, 6) is 1.26. The third-order valence-electron chi connectivity index (χ3n) is 2.55. The maximum atomic E-state index is 12.1. The molecule has 2 aromatic rings. The van der Waals surface area contributed by atoms with Crippen LogP contribution in [-0.4, -0.2) is 25.5 Å². The minimum atomic E-state index is 0.0630. The molecular weight excluding hydrogens is 248 g/mol.